The van der Waals surface area contributed by atoms with E-state index in [4.69, 9.17) is 16.3 Å². The fourth-order valence-corrected chi connectivity index (χ4v) is 6.22. The van der Waals surface area contributed by atoms with Crippen LogP contribution in [0.1, 0.15) is 24.9 Å². The van der Waals surface area contributed by atoms with Gasteiger partial charge in [0.2, 0.25) is 10.0 Å². The summed E-state index contributed by atoms with van der Waals surface area (Å²) in [6, 6.07) is 14.3. The molecule has 1 atom stereocenters. The highest BCUT2D eigenvalue weighted by Crippen LogP contribution is 2.32. The van der Waals surface area contributed by atoms with E-state index in [0.29, 0.717) is 61.0 Å². The second kappa shape index (κ2) is 11.6. The summed E-state index contributed by atoms with van der Waals surface area (Å²) < 4.78 is 33.2. The minimum absolute atomic E-state index is 0.191. The fraction of sp³-hybridized carbons (Fsp3) is 0.385. The number of ether oxygens (including phenoxy) is 1. The number of nitrogens with one attached hydrogen (secondary N) is 1. The van der Waals surface area contributed by atoms with E-state index < -0.39 is 22.0 Å². The van der Waals surface area contributed by atoms with Gasteiger partial charge in [-0.2, -0.15) is 4.31 Å². The molecule has 2 amide bonds. The SMILES string of the molecule is CCOC(=O)C1=C(CN2CCCN(S(=O)(=O)c3ccccc3)CC2)N(C)C(=O)N[C@@H]1c1ccc(Cl)cc1. The maximum atomic E-state index is 13.2. The molecule has 0 spiro atoms. The number of carbonyl (C=O) groups excluding carboxylic acids is 2. The van der Waals surface area contributed by atoms with Crippen LogP contribution >= 0.6 is 11.6 Å². The van der Waals surface area contributed by atoms with Crippen LogP contribution in [0.4, 0.5) is 4.79 Å². The summed E-state index contributed by atoms with van der Waals surface area (Å²) in [5.74, 6) is -0.507. The summed E-state index contributed by atoms with van der Waals surface area (Å²) in [4.78, 5) is 29.9. The molecule has 0 unspecified atom stereocenters. The quantitative estimate of drug-likeness (QED) is 0.535. The molecule has 198 valence electrons. The Morgan fingerprint density at radius 1 is 1.05 bits per heavy atom. The van der Waals surface area contributed by atoms with Gasteiger partial charge >= 0.3 is 12.0 Å². The Morgan fingerprint density at radius 3 is 2.43 bits per heavy atom. The van der Waals surface area contributed by atoms with Gasteiger partial charge in [0.25, 0.3) is 0 Å². The van der Waals surface area contributed by atoms with Gasteiger partial charge in [-0.15, -0.1) is 0 Å². The summed E-state index contributed by atoms with van der Waals surface area (Å²) >= 11 is 6.05. The van der Waals surface area contributed by atoms with Crippen LogP contribution in [-0.2, 0) is 19.6 Å². The zero-order chi connectivity index (χ0) is 26.6. The molecule has 11 heteroatoms. The number of hydrogen-bond acceptors (Lipinski definition) is 6. The van der Waals surface area contributed by atoms with Crippen LogP contribution in [0.2, 0.25) is 5.02 Å². The summed E-state index contributed by atoms with van der Waals surface area (Å²) in [5.41, 5.74) is 1.59. The first-order valence-corrected chi connectivity index (χ1v) is 14.0. The number of benzene rings is 2. The molecule has 4 rings (SSSR count). The molecule has 2 aliphatic heterocycles. The van der Waals surface area contributed by atoms with Crippen LogP contribution in [-0.4, -0.2) is 80.9 Å². The van der Waals surface area contributed by atoms with Crippen LogP contribution in [0.25, 0.3) is 0 Å². The van der Waals surface area contributed by atoms with Crippen LogP contribution in [0, 0.1) is 0 Å². The minimum Gasteiger partial charge on any atom is -0.463 e. The lowest BCUT2D eigenvalue weighted by molar-refractivity contribution is -0.139. The van der Waals surface area contributed by atoms with Crippen LogP contribution in [0.15, 0.2) is 70.8 Å². The lowest BCUT2D eigenvalue weighted by atomic mass is 9.94. The first-order chi connectivity index (χ1) is 17.7. The van der Waals surface area contributed by atoms with Crippen molar-refractivity contribution in [2.24, 2.45) is 0 Å². The number of rotatable bonds is 7. The van der Waals surface area contributed by atoms with Crippen LogP contribution in [0.5, 0.6) is 0 Å². The molecular formula is C26H31ClN4O5S. The van der Waals surface area contributed by atoms with Crippen molar-refractivity contribution < 1.29 is 22.7 Å². The maximum Gasteiger partial charge on any atom is 0.338 e. The molecule has 2 heterocycles. The van der Waals surface area contributed by atoms with Gasteiger partial charge in [-0.25, -0.2) is 18.0 Å². The van der Waals surface area contributed by atoms with Crippen molar-refractivity contribution >= 4 is 33.6 Å². The average Bonchev–Trinajstić information content (AvgIpc) is 3.14. The first-order valence-electron chi connectivity index (χ1n) is 12.2. The predicted octanol–water partition coefficient (Wildman–Crippen LogP) is 3.25. The highest BCUT2D eigenvalue weighted by atomic mass is 35.5. The lowest BCUT2D eigenvalue weighted by Crippen LogP contribution is -2.49. The topological polar surface area (TPSA) is 99.3 Å². The van der Waals surface area contributed by atoms with E-state index in [1.54, 1.807) is 68.6 Å². The van der Waals surface area contributed by atoms with E-state index in [9.17, 15) is 18.0 Å². The standard InChI is InChI=1S/C26H31ClN4O5S/c1-3-36-25(32)23-22(29(2)26(33)28-24(23)19-10-12-20(27)13-11-19)18-30-14-7-15-31(17-16-30)37(34,35)21-8-5-4-6-9-21/h4-6,8-13,24H,3,7,14-18H2,1-2H3,(H,28,33)/t24-/m1/s1. The lowest BCUT2D eigenvalue weighted by Gasteiger charge is -2.36. The second-order valence-corrected chi connectivity index (χ2v) is 11.3. The number of amides is 2. The summed E-state index contributed by atoms with van der Waals surface area (Å²) in [7, 11) is -1.99. The van der Waals surface area contributed by atoms with E-state index in [0.717, 1.165) is 0 Å². The van der Waals surface area contributed by atoms with Crippen molar-refractivity contribution in [3.05, 3.63) is 76.5 Å². The van der Waals surface area contributed by atoms with Gasteiger partial charge in [-0.05, 0) is 49.7 Å². The van der Waals surface area contributed by atoms with Gasteiger partial charge in [-0.1, -0.05) is 41.9 Å². The predicted molar refractivity (Wildman–Crippen MR) is 140 cm³/mol. The highest BCUT2D eigenvalue weighted by molar-refractivity contribution is 7.89. The highest BCUT2D eigenvalue weighted by Gasteiger charge is 2.38. The third-order valence-electron chi connectivity index (χ3n) is 6.58. The minimum atomic E-state index is -3.61. The number of carbonyl (C=O) groups is 2. The Balaban J connectivity index is 1.62. The Bertz CT molecular complexity index is 1270. The summed E-state index contributed by atoms with van der Waals surface area (Å²) in [5, 5.41) is 3.44. The number of nitrogens with zero attached hydrogens (tertiary/aromatic N) is 3. The van der Waals surface area contributed by atoms with Gasteiger partial charge in [0, 0.05) is 43.9 Å². The third kappa shape index (κ3) is 5.98. The van der Waals surface area contributed by atoms with Crippen molar-refractivity contribution in [2.75, 3.05) is 46.4 Å². The third-order valence-corrected chi connectivity index (χ3v) is 8.74. The van der Waals surface area contributed by atoms with Gasteiger partial charge in [0.05, 0.1) is 23.1 Å². The summed E-state index contributed by atoms with van der Waals surface area (Å²) in [6.07, 6.45) is 0.616. The molecule has 1 N–H and O–H groups in total. The normalized spacial score (nSPS) is 19.9. The largest absolute Gasteiger partial charge is 0.463 e. The smallest absolute Gasteiger partial charge is 0.338 e. The van der Waals surface area contributed by atoms with Crippen LogP contribution in [0.3, 0.4) is 0 Å². The van der Waals surface area contributed by atoms with Crippen molar-refractivity contribution in [2.45, 2.75) is 24.3 Å². The van der Waals surface area contributed by atoms with Crippen molar-refractivity contribution in [3.63, 3.8) is 0 Å². The number of hydrogen-bond donors (Lipinski definition) is 1. The van der Waals surface area contributed by atoms with E-state index in [1.165, 1.54) is 9.21 Å². The molecule has 0 bridgehead atoms. The molecule has 0 aromatic heterocycles. The molecule has 1 fully saturated rings. The Hall–Kier alpha value is -2.92. The Labute approximate surface area is 222 Å². The molecule has 0 radical (unpaired) electrons. The van der Waals surface area contributed by atoms with Gasteiger partial charge in [-0.3, -0.25) is 9.80 Å². The second-order valence-electron chi connectivity index (χ2n) is 8.92. The van der Waals surface area contributed by atoms with Crippen LogP contribution < -0.4 is 5.32 Å². The number of esters is 1. The van der Waals surface area contributed by atoms with Gasteiger partial charge < -0.3 is 10.1 Å². The fourth-order valence-electron chi connectivity index (χ4n) is 4.60. The number of urea groups is 1. The van der Waals surface area contributed by atoms with E-state index in [2.05, 4.69) is 10.2 Å². The summed E-state index contributed by atoms with van der Waals surface area (Å²) in [6.45, 7) is 3.97. The maximum absolute atomic E-state index is 13.2. The molecule has 1 saturated heterocycles. The van der Waals surface area contributed by atoms with E-state index in [-0.39, 0.29) is 17.5 Å². The van der Waals surface area contributed by atoms with Crippen molar-refractivity contribution in [3.8, 4) is 0 Å². The number of likely N-dealkylation sites (N-methyl/N-ethyl adjacent to an activating group) is 1. The number of sulfonamides is 1. The molecule has 0 aliphatic carbocycles. The van der Waals surface area contributed by atoms with E-state index >= 15 is 0 Å². The Morgan fingerprint density at radius 2 is 1.76 bits per heavy atom. The number of halogens is 1. The molecule has 37 heavy (non-hydrogen) atoms. The zero-order valence-electron chi connectivity index (χ0n) is 20.9. The average molecular weight is 547 g/mol. The molecule has 2 aromatic carbocycles. The molecule has 2 aromatic rings. The van der Waals surface area contributed by atoms with Crippen molar-refractivity contribution in [1.29, 1.82) is 0 Å². The molecule has 9 nitrogen and oxygen atoms in total. The zero-order valence-corrected chi connectivity index (χ0v) is 22.5. The monoisotopic (exact) mass is 546 g/mol. The Kier molecular flexibility index (Phi) is 8.53. The van der Waals surface area contributed by atoms with Gasteiger partial charge in [0.15, 0.2) is 0 Å². The van der Waals surface area contributed by atoms with Gasteiger partial charge in [0.1, 0.15) is 0 Å². The molecule has 0 saturated carbocycles. The van der Waals surface area contributed by atoms with E-state index in [1.807, 2.05) is 0 Å². The molecule has 2 aliphatic rings. The van der Waals surface area contributed by atoms with Crippen molar-refractivity contribution in [1.82, 2.24) is 19.4 Å². The first kappa shape index (κ1) is 27.1. The molecular weight excluding hydrogens is 516 g/mol.